The highest BCUT2D eigenvalue weighted by atomic mass is 16.3. The van der Waals surface area contributed by atoms with Gasteiger partial charge in [0.05, 0.1) is 11.7 Å². The predicted octanol–water partition coefficient (Wildman–Crippen LogP) is 2.28. The molecule has 2 aliphatic rings. The summed E-state index contributed by atoms with van der Waals surface area (Å²) in [5.41, 5.74) is 9.27. The van der Waals surface area contributed by atoms with E-state index in [1.54, 1.807) is 6.07 Å². The highest BCUT2D eigenvalue weighted by Crippen LogP contribution is 2.37. The maximum absolute atomic E-state index is 9.56. The lowest BCUT2D eigenvalue weighted by molar-refractivity contribution is 0.478. The molecule has 0 aromatic heterocycles. The van der Waals surface area contributed by atoms with E-state index in [0.29, 0.717) is 5.69 Å². The molecule has 16 heavy (non-hydrogen) atoms. The van der Waals surface area contributed by atoms with Crippen molar-refractivity contribution >= 4 is 17.5 Å². The van der Waals surface area contributed by atoms with Crippen LogP contribution in [0.4, 0.5) is 11.4 Å². The van der Waals surface area contributed by atoms with Crippen molar-refractivity contribution < 1.29 is 5.11 Å². The Kier molecular flexibility index (Phi) is 1.80. The van der Waals surface area contributed by atoms with Gasteiger partial charge in [0.1, 0.15) is 5.75 Å². The fourth-order valence-electron chi connectivity index (χ4n) is 2.07. The lowest BCUT2D eigenvalue weighted by atomic mass is 9.93. The zero-order chi connectivity index (χ0) is 11.1. The Labute approximate surface area is 93.6 Å². The van der Waals surface area contributed by atoms with E-state index in [4.69, 9.17) is 5.73 Å². The number of hydrogen-bond acceptors (Lipinski definition) is 3. The number of nitrogens with two attached hydrogens (primary N) is 1. The Bertz CT molecular complexity index is 541. The van der Waals surface area contributed by atoms with Gasteiger partial charge in [-0.2, -0.15) is 0 Å². The fourth-order valence-corrected chi connectivity index (χ4v) is 2.07. The Morgan fingerprint density at radius 1 is 1.25 bits per heavy atom. The van der Waals surface area contributed by atoms with Crippen molar-refractivity contribution in [3.05, 3.63) is 47.6 Å². The monoisotopic (exact) mass is 212 g/mol. The molecule has 0 spiro atoms. The second-order valence-corrected chi connectivity index (χ2v) is 3.97. The second-order valence-electron chi connectivity index (χ2n) is 3.97. The van der Waals surface area contributed by atoms with Crippen molar-refractivity contribution in [1.82, 2.24) is 0 Å². The van der Waals surface area contributed by atoms with Gasteiger partial charge in [0, 0.05) is 11.3 Å². The minimum Gasteiger partial charge on any atom is -0.506 e. The van der Waals surface area contributed by atoms with Crippen molar-refractivity contribution in [2.75, 3.05) is 11.1 Å². The standard InChI is InChI=1S/C13H12N2O/c14-13-9-7-8-3-1-2-4-10(8)15-11(9)5-6-12(13)16/h1-7,10,15-16H,14H2. The van der Waals surface area contributed by atoms with Gasteiger partial charge in [-0.25, -0.2) is 0 Å². The third-order valence-electron chi connectivity index (χ3n) is 2.95. The molecule has 80 valence electrons. The maximum Gasteiger partial charge on any atom is 0.139 e. The van der Waals surface area contributed by atoms with Crippen LogP contribution in [0.5, 0.6) is 5.75 Å². The van der Waals surface area contributed by atoms with Gasteiger partial charge in [-0.3, -0.25) is 0 Å². The number of benzene rings is 1. The molecular weight excluding hydrogens is 200 g/mol. The lowest BCUT2D eigenvalue weighted by Gasteiger charge is -2.27. The Morgan fingerprint density at radius 3 is 3.00 bits per heavy atom. The molecule has 0 amide bonds. The summed E-state index contributed by atoms with van der Waals surface area (Å²) in [6.45, 7) is 0. The van der Waals surface area contributed by atoms with Crippen molar-refractivity contribution in [3.63, 3.8) is 0 Å². The Morgan fingerprint density at radius 2 is 2.12 bits per heavy atom. The number of nitrogen functional groups attached to an aromatic ring is 1. The van der Waals surface area contributed by atoms with E-state index in [9.17, 15) is 5.11 Å². The second kappa shape index (κ2) is 3.17. The number of fused-ring (bicyclic) bond motifs is 2. The average molecular weight is 212 g/mol. The molecule has 0 saturated heterocycles. The van der Waals surface area contributed by atoms with Crippen LogP contribution in [-0.2, 0) is 0 Å². The fraction of sp³-hybridized carbons (Fsp3) is 0.0769. The SMILES string of the molecule is Nc1c(O)ccc2c1C=C1C=CC=CC1N2. The van der Waals surface area contributed by atoms with E-state index in [0.717, 1.165) is 16.8 Å². The highest BCUT2D eigenvalue weighted by Gasteiger charge is 2.20. The first kappa shape index (κ1) is 9.09. The minimum atomic E-state index is 0.131. The summed E-state index contributed by atoms with van der Waals surface area (Å²) in [5, 5.41) is 12.9. The van der Waals surface area contributed by atoms with Gasteiger partial charge >= 0.3 is 0 Å². The van der Waals surface area contributed by atoms with E-state index in [2.05, 4.69) is 11.4 Å². The molecule has 3 rings (SSSR count). The van der Waals surface area contributed by atoms with Crippen LogP contribution in [0.2, 0.25) is 0 Å². The molecule has 0 saturated carbocycles. The highest BCUT2D eigenvalue weighted by molar-refractivity contribution is 5.85. The van der Waals surface area contributed by atoms with Crippen LogP contribution in [0.15, 0.2) is 42.0 Å². The van der Waals surface area contributed by atoms with Gasteiger partial charge in [0.15, 0.2) is 0 Å². The molecule has 1 aliphatic carbocycles. The number of allylic oxidation sites excluding steroid dienone is 2. The lowest BCUT2D eigenvalue weighted by Crippen LogP contribution is -2.23. The number of hydrogen-bond donors (Lipinski definition) is 3. The Balaban J connectivity index is 2.18. The summed E-state index contributed by atoms with van der Waals surface area (Å²) in [7, 11) is 0. The van der Waals surface area contributed by atoms with Crippen LogP contribution in [0.25, 0.3) is 6.08 Å². The predicted molar refractivity (Wildman–Crippen MR) is 66.2 cm³/mol. The summed E-state index contributed by atoms with van der Waals surface area (Å²) in [6.07, 6.45) is 10.2. The number of nitrogens with one attached hydrogen (secondary N) is 1. The molecule has 1 unspecified atom stereocenters. The van der Waals surface area contributed by atoms with E-state index in [1.807, 2.05) is 30.4 Å². The van der Waals surface area contributed by atoms with E-state index < -0.39 is 0 Å². The van der Waals surface area contributed by atoms with Crippen LogP contribution >= 0.6 is 0 Å². The number of aromatic hydroxyl groups is 1. The first-order chi connectivity index (χ1) is 7.75. The molecule has 1 aromatic rings. The van der Waals surface area contributed by atoms with Crippen LogP contribution in [0.1, 0.15) is 5.56 Å². The molecule has 3 heteroatoms. The molecule has 0 fully saturated rings. The van der Waals surface area contributed by atoms with Gasteiger partial charge in [-0.05, 0) is 23.8 Å². The quantitative estimate of drug-likeness (QED) is 0.351. The molecule has 1 aromatic carbocycles. The van der Waals surface area contributed by atoms with Crippen molar-refractivity contribution in [2.45, 2.75) is 6.04 Å². The molecule has 1 aliphatic heterocycles. The smallest absolute Gasteiger partial charge is 0.139 e. The first-order valence-corrected chi connectivity index (χ1v) is 5.20. The van der Waals surface area contributed by atoms with E-state index in [1.165, 1.54) is 0 Å². The largest absolute Gasteiger partial charge is 0.506 e. The number of phenolic OH excluding ortho intramolecular Hbond substituents is 1. The van der Waals surface area contributed by atoms with E-state index in [-0.39, 0.29) is 11.8 Å². The maximum atomic E-state index is 9.56. The zero-order valence-electron chi connectivity index (χ0n) is 8.64. The summed E-state index contributed by atoms with van der Waals surface area (Å²) in [6, 6.07) is 3.67. The molecule has 3 nitrogen and oxygen atoms in total. The number of phenols is 1. The van der Waals surface area contributed by atoms with Crippen LogP contribution in [0, 0.1) is 0 Å². The Hall–Kier alpha value is -2.16. The van der Waals surface area contributed by atoms with Gasteiger partial charge in [0.2, 0.25) is 0 Å². The summed E-state index contributed by atoms with van der Waals surface area (Å²) in [5.74, 6) is 0.131. The number of anilines is 2. The topological polar surface area (TPSA) is 58.3 Å². The van der Waals surface area contributed by atoms with Crippen LogP contribution < -0.4 is 11.1 Å². The van der Waals surface area contributed by atoms with Crippen molar-refractivity contribution in [3.8, 4) is 5.75 Å². The van der Waals surface area contributed by atoms with Crippen molar-refractivity contribution in [2.24, 2.45) is 0 Å². The van der Waals surface area contributed by atoms with Gasteiger partial charge < -0.3 is 16.2 Å². The molecule has 4 N–H and O–H groups in total. The molecule has 0 bridgehead atoms. The number of rotatable bonds is 0. The van der Waals surface area contributed by atoms with E-state index >= 15 is 0 Å². The van der Waals surface area contributed by atoms with Gasteiger partial charge in [0.25, 0.3) is 0 Å². The molecule has 1 heterocycles. The third kappa shape index (κ3) is 1.21. The minimum absolute atomic E-state index is 0.131. The summed E-state index contributed by atoms with van der Waals surface area (Å²) < 4.78 is 0. The third-order valence-corrected chi connectivity index (χ3v) is 2.95. The molecule has 0 radical (unpaired) electrons. The first-order valence-electron chi connectivity index (χ1n) is 5.20. The van der Waals surface area contributed by atoms with Gasteiger partial charge in [-0.15, -0.1) is 0 Å². The molecular formula is C13H12N2O. The summed E-state index contributed by atoms with van der Waals surface area (Å²) >= 11 is 0. The average Bonchev–Trinajstić information content (AvgIpc) is 2.32. The van der Waals surface area contributed by atoms with Gasteiger partial charge in [-0.1, -0.05) is 24.3 Å². The zero-order valence-corrected chi connectivity index (χ0v) is 8.64. The summed E-state index contributed by atoms with van der Waals surface area (Å²) in [4.78, 5) is 0. The van der Waals surface area contributed by atoms with Crippen LogP contribution in [0.3, 0.4) is 0 Å². The van der Waals surface area contributed by atoms with Crippen molar-refractivity contribution in [1.29, 1.82) is 0 Å². The molecule has 1 atom stereocenters. The normalized spacial score (nSPS) is 20.8. The van der Waals surface area contributed by atoms with Crippen LogP contribution in [-0.4, -0.2) is 11.1 Å².